The van der Waals surface area contributed by atoms with Crippen LogP contribution in [0.25, 0.3) is 10.2 Å². The van der Waals surface area contributed by atoms with Gasteiger partial charge in [0.1, 0.15) is 5.75 Å². The zero-order valence-electron chi connectivity index (χ0n) is 13.8. The molecule has 0 fully saturated rings. The van der Waals surface area contributed by atoms with Gasteiger partial charge in [-0.3, -0.25) is 0 Å². The van der Waals surface area contributed by atoms with Crippen LogP contribution in [0.15, 0.2) is 36.4 Å². The van der Waals surface area contributed by atoms with E-state index < -0.39 is 0 Å². The van der Waals surface area contributed by atoms with Gasteiger partial charge in [0, 0.05) is 6.54 Å². The lowest BCUT2D eigenvalue weighted by atomic mass is 10.1. The summed E-state index contributed by atoms with van der Waals surface area (Å²) >= 11 is 1.68. The predicted molar refractivity (Wildman–Crippen MR) is 98.6 cm³/mol. The molecule has 0 aliphatic rings. The van der Waals surface area contributed by atoms with E-state index >= 15 is 0 Å². The van der Waals surface area contributed by atoms with Gasteiger partial charge in [-0.2, -0.15) is 0 Å². The van der Waals surface area contributed by atoms with Crippen molar-refractivity contribution in [3.63, 3.8) is 0 Å². The van der Waals surface area contributed by atoms with E-state index in [-0.39, 0.29) is 0 Å². The number of hydrogen-bond acceptors (Lipinski definition) is 4. The summed E-state index contributed by atoms with van der Waals surface area (Å²) in [5, 5.41) is 4.38. The van der Waals surface area contributed by atoms with Crippen LogP contribution in [0.3, 0.4) is 0 Å². The van der Waals surface area contributed by atoms with Gasteiger partial charge in [0.15, 0.2) is 5.13 Å². The number of aryl methyl sites for hydroxylation is 1. The molecule has 3 aromatic rings. The number of ether oxygens (including phenoxy) is 1. The fourth-order valence-electron chi connectivity index (χ4n) is 2.50. The number of benzene rings is 2. The Morgan fingerprint density at radius 3 is 2.65 bits per heavy atom. The minimum atomic E-state index is 0.754. The number of nitrogens with one attached hydrogen (secondary N) is 1. The van der Waals surface area contributed by atoms with Crippen LogP contribution >= 0.6 is 11.3 Å². The number of hydrogen-bond donors (Lipinski definition) is 1. The highest BCUT2D eigenvalue weighted by atomic mass is 32.1. The normalized spacial score (nSPS) is 10.9. The lowest BCUT2D eigenvalue weighted by Crippen LogP contribution is -1.99. The van der Waals surface area contributed by atoms with E-state index in [2.05, 4.69) is 56.4 Å². The Labute approximate surface area is 141 Å². The van der Waals surface area contributed by atoms with E-state index in [1.165, 1.54) is 21.4 Å². The molecule has 0 aliphatic carbocycles. The Hall–Kier alpha value is -2.07. The van der Waals surface area contributed by atoms with E-state index in [0.717, 1.165) is 36.0 Å². The molecule has 0 saturated heterocycles. The number of fused-ring (bicyclic) bond motifs is 1. The molecule has 0 radical (unpaired) electrons. The molecule has 0 amide bonds. The zero-order chi connectivity index (χ0) is 16.2. The van der Waals surface area contributed by atoms with Gasteiger partial charge in [0.2, 0.25) is 0 Å². The lowest BCUT2D eigenvalue weighted by molar-refractivity contribution is 0.315. The minimum absolute atomic E-state index is 0.754. The van der Waals surface area contributed by atoms with Crippen molar-refractivity contribution in [3.05, 3.63) is 53.1 Å². The highest BCUT2D eigenvalue weighted by Gasteiger charge is 2.12. The van der Waals surface area contributed by atoms with Crippen LogP contribution in [0.5, 0.6) is 5.75 Å². The number of aromatic nitrogens is 1. The highest BCUT2D eigenvalue weighted by Crippen LogP contribution is 2.35. The second kappa shape index (κ2) is 7.01. The summed E-state index contributed by atoms with van der Waals surface area (Å²) < 4.78 is 7.05. The summed E-state index contributed by atoms with van der Waals surface area (Å²) in [4.78, 5) is 4.76. The van der Waals surface area contributed by atoms with Gasteiger partial charge in [-0.05, 0) is 43.0 Å². The standard InChI is InChI=1S/C19H22N2OS/c1-4-10-22-16-11-17-18(14(3)13(16)2)21-19(23-17)20-12-15-8-6-5-7-9-15/h5-9,11H,4,10,12H2,1-3H3,(H,20,21). The second-order valence-corrected chi connectivity index (χ2v) is 6.71. The van der Waals surface area contributed by atoms with E-state index in [1.807, 2.05) is 6.07 Å². The summed E-state index contributed by atoms with van der Waals surface area (Å²) in [6.07, 6.45) is 1.02. The fourth-order valence-corrected chi connectivity index (χ4v) is 3.45. The van der Waals surface area contributed by atoms with Crippen LogP contribution in [0, 0.1) is 13.8 Å². The van der Waals surface area contributed by atoms with Crippen LogP contribution in [0.2, 0.25) is 0 Å². The number of nitrogens with zero attached hydrogens (tertiary/aromatic N) is 1. The van der Waals surface area contributed by atoms with Gasteiger partial charge in [-0.1, -0.05) is 48.6 Å². The van der Waals surface area contributed by atoms with Crippen LogP contribution in [-0.2, 0) is 6.54 Å². The van der Waals surface area contributed by atoms with Crippen LogP contribution in [0.4, 0.5) is 5.13 Å². The number of rotatable bonds is 6. The van der Waals surface area contributed by atoms with Gasteiger partial charge in [-0.15, -0.1) is 0 Å². The molecule has 4 heteroatoms. The number of thiazole rings is 1. The molecule has 23 heavy (non-hydrogen) atoms. The Morgan fingerprint density at radius 1 is 1.13 bits per heavy atom. The Balaban J connectivity index is 1.84. The average molecular weight is 326 g/mol. The maximum atomic E-state index is 5.87. The van der Waals surface area contributed by atoms with Crippen molar-refractivity contribution in [2.24, 2.45) is 0 Å². The maximum Gasteiger partial charge on any atom is 0.184 e. The molecule has 0 bridgehead atoms. The average Bonchev–Trinajstić information content (AvgIpc) is 2.99. The third-order valence-corrected chi connectivity index (χ3v) is 4.91. The summed E-state index contributed by atoms with van der Waals surface area (Å²) in [5.74, 6) is 0.982. The molecule has 0 spiro atoms. The van der Waals surface area contributed by atoms with Gasteiger partial charge in [0.05, 0.1) is 16.8 Å². The molecular weight excluding hydrogens is 304 g/mol. The van der Waals surface area contributed by atoms with Crippen molar-refractivity contribution < 1.29 is 4.74 Å². The predicted octanol–water partition coefficient (Wildman–Crippen LogP) is 5.31. The third-order valence-electron chi connectivity index (χ3n) is 3.95. The fraction of sp³-hybridized carbons (Fsp3) is 0.316. The minimum Gasteiger partial charge on any atom is -0.493 e. The summed E-state index contributed by atoms with van der Waals surface area (Å²) in [6, 6.07) is 12.5. The quantitative estimate of drug-likeness (QED) is 0.666. The first-order valence-electron chi connectivity index (χ1n) is 8.00. The van der Waals surface area contributed by atoms with E-state index in [9.17, 15) is 0 Å². The molecule has 0 aliphatic heterocycles. The SMILES string of the molecule is CCCOc1cc2sc(NCc3ccccc3)nc2c(C)c1C. The van der Waals surface area contributed by atoms with Crippen LogP contribution in [-0.4, -0.2) is 11.6 Å². The lowest BCUT2D eigenvalue weighted by Gasteiger charge is -2.10. The third kappa shape index (κ3) is 3.48. The largest absolute Gasteiger partial charge is 0.493 e. The first kappa shape index (κ1) is 15.8. The molecule has 2 aromatic carbocycles. The Kier molecular flexibility index (Phi) is 4.82. The second-order valence-electron chi connectivity index (χ2n) is 5.68. The van der Waals surface area contributed by atoms with E-state index in [1.54, 1.807) is 11.3 Å². The van der Waals surface area contributed by atoms with Crippen LogP contribution in [0.1, 0.15) is 30.0 Å². The first-order chi connectivity index (χ1) is 11.2. The molecule has 1 N–H and O–H groups in total. The molecule has 0 atom stereocenters. The van der Waals surface area contributed by atoms with Crippen LogP contribution < -0.4 is 10.1 Å². The summed E-state index contributed by atoms with van der Waals surface area (Å²) in [6.45, 7) is 7.90. The molecule has 120 valence electrons. The van der Waals surface area contributed by atoms with Crippen molar-refractivity contribution in [2.45, 2.75) is 33.7 Å². The Morgan fingerprint density at radius 2 is 1.91 bits per heavy atom. The maximum absolute atomic E-state index is 5.87. The molecule has 1 aromatic heterocycles. The van der Waals surface area contributed by atoms with Crippen molar-refractivity contribution in [1.82, 2.24) is 4.98 Å². The molecular formula is C19H22N2OS. The van der Waals surface area contributed by atoms with Gasteiger partial charge in [0.25, 0.3) is 0 Å². The first-order valence-corrected chi connectivity index (χ1v) is 8.82. The van der Waals surface area contributed by atoms with Crippen molar-refractivity contribution >= 4 is 26.7 Å². The topological polar surface area (TPSA) is 34.1 Å². The van der Waals surface area contributed by atoms with Crippen molar-refractivity contribution in [3.8, 4) is 5.75 Å². The van der Waals surface area contributed by atoms with Crippen molar-refractivity contribution in [2.75, 3.05) is 11.9 Å². The van der Waals surface area contributed by atoms with Crippen molar-refractivity contribution in [1.29, 1.82) is 0 Å². The monoisotopic (exact) mass is 326 g/mol. The van der Waals surface area contributed by atoms with Gasteiger partial charge in [-0.25, -0.2) is 4.98 Å². The molecule has 3 nitrogen and oxygen atoms in total. The van der Waals surface area contributed by atoms with E-state index in [0.29, 0.717) is 0 Å². The molecule has 1 heterocycles. The summed E-state index contributed by atoms with van der Waals surface area (Å²) in [7, 11) is 0. The molecule has 0 unspecified atom stereocenters. The highest BCUT2D eigenvalue weighted by molar-refractivity contribution is 7.22. The smallest absolute Gasteiger partial charge is 0.184 e. The van der Waals surface area contributed by atoms with Gasteiger partial charge < -0.3 is 10.1 Å². The molecule has 3 rings (SSSR count). The number of anilines is 1. The Bertz CT molecular complexity index is 796. The molecule has 0 saturated carbocycles. The zero-order valence-corrected chi connectivity index (χ0v) is 14.7. The van der Waals surface area contributed by atoms with E-state index in [4.69, 9.17) is 9.72 Å². The summed E-state index contributed by atoms with van der Waals surface area (Å²) in [5.41, 5.74) is 4.72. The van der Waals surface area contributed by atoms with Gasteiger partial charge >= 0.3 is 0 Å².